The number of hydrogen-bond acceptors (Lipinski definition) is 5. The van der Waals surface area contributed by atoms with E-state index in [1.807, 2.05) is 33.0 Å². The van der Waals surface area contributed by atoms with Crippen LogP contribution in [0.1, 0.15) is 46.5 Å². The molecule has 2 heterocycles. The lowest BCUT2D eigenvalue weighted by Gasteiger charge is -2.16. The number of alkyl halides is 3. The highest BCUT2D eigenvalue weighted by molar-refractivity contribution is 6.06. The Labute approximate surface area is 213 Å². The lowest BCUT2D eigenvalue weighted by atomic mass is 10.0. The van der Waals surface area contributed by atoms with Gasteiger partial charge in [-0.05, 0) is 48.7 Å². The van der Waals surface area contributed by atoms with Gasteiger partial charge in [0.05, 0.1) is 23.4 Å². The van der Waals surface area contributed by atoms with Crippen molar-refractivity contribution in [1.29, 1.82) is 0 Å². The largest absolute Gasteiger partial charge is 0.417 e. The van der Waals surface area contributed by atoms with E-state index >= 15 is 0 Å². The summed E-state index contributed by atoms with van der Waals surface area (Å²) >= 11 is 0. The lowest BCUT2D eigenvalue weighted by molar-refractivity contribution is -0.137. The predicted octanol–water partition coefficient (Wildman–Crippen LogP) is 5.39. The summed E-state index contributed by atoms with van der Waals surface area (Å²) in [6.07, 6.45) is 0.686. The summed E-state index contributed by atoms with van der Waals surface area (Å²) in [5.74, 6) is -0.347. The molecule has 1 amide bonds. The zero-order valence-electron chi connectivity index (χ0n) is 21.1. The summed E-state index contributed by atoms with van der Waals surface area (Å²) in [4.78, 5) is 21.7. The molecular formula is C27H30F3N5O2. The molecule has 0 unspecified atom stereocenters. The van der Waals surface area contributed by atoms with Crippen LogP contribution in [-0.2, 0) is 12.7 Å². The molecule has 0 bridgehead atoms. The Balaban J connectivity index is 0.00000186. The number of aliphatic hydroxyl groups is 1. The number of fused-ring (bicyclic) bond motifs is 1. The Bertz CT molecular complexity index is 1380. The third kappa shape index (κ3) is 6.72. The molecule has 0 saturated carbocycles. The van der Waals surface area contributed by atoms with Crippen LogP contribution in [0.15, 0.2) is 55.0 Å². The van der Waals surface area contributed by atoms with Crippen LogP contribution in [0, 0.1) is 13.8 Å². The van der Waals surface area contributed by atoms with Gasteiger partial charge in [0, 0.05) is 42.9 Å². The zero-order chi connectivity index (χ0) is 27.2. The molecule has 0 radical (unpaired) electrons. The van der Waals surface area contributed by atoms with Crippen molar-refractivity contribution in [2.75, 3.05) is 18.5 Å². The van der Waals surface area contributed by atoms with Crippen molar-refractivity contribution >= 4 is 17.4 Å². The number of carbonyl (C=O) groups is 1. The van der Waals surface area contributed by atoms with Crippen molar-refractivity contribution in [1.82, 2.24) is 19.7 Å². The van der Waals surface area contributed by atoms with E-state index in [0.717, 1.165) is 11.6 Å². The van der Waals surface area contributed by atoms with E-state index in [-0.39, 0.29) is 19.7 Å². The number of hydrogen-bond donors (Lipinski definition) is 3. The summed E-state index contributed by atoms with van der Waals surface area (Å²) in [5, 5.41) is 14.3. The van der Waals surface area contributed by atoms with E-state index in [1.54, 1.807) is 35.9 Å². The van der Waals surface area contributed by atoms with Gasteiger partial charge in [-0.25, -0.2) is 9.97 Å². The number of nitrogens with zero attached hydrogens (tertiary/aromatic N) is 3. The number of imidazole rings is 1. The molecule has 0 aliphatic rings. The van der Waals surface area contributed by atoms with Crippen LogP contribution < -0.4 is 10.6 Å². The summed E-state index contributed by atoms with van der Waals surface area (Å²) < 4.78 is 43.0. The van der Waals surface area contributed by atoms with Crippen molar-refractivity contribution < 1.29 is 23.1 Å². The van der Waals surface area contributed by atoms with Crippen LogP contribution in [0.2, 0.25) is 0 Å². The van der Waals surface area contributed by atoms with E-state index in [9.17, 15) is 18.0 Å². The first-order valence-electron chi connectivity index (χ1n) is 11.9. The van der Waals surface area contributed by atoms with Gasteiger partial charge in [-0.2, -0.15) is 13.2 Å². The maximum Gasteiger partial charge on any atom is 0.417 e. The average Bonchev–Trinajstić information content (AvgIpc) is 3.29. The average molecular weight is 514 g/mol. The maximum atomic E-state index is 13.8. The molecule has 196 valence electrons. The standard InChI is InChI=1S/C25H24F3N5O2.C2H6/c1-15-11-30-24-32-22(14-33(24)13-15)18-5-3-16(2)21(10-18)31-23(35)19-6-4-17(12-29-7-8-34)9-20(19)25(26,27)28;1-2/h3-6,9-11,13-14,29,34H,7-8,12H2,1-2H3,(H,31,35);1-2H3. The van der Waals surface area contributed by atoms with E-state index in [0.29, 0.717) is 33.8 Å². The van der Waals surface area contributed by atoms with Gasteiger partial charge in [-0.1, -0.05) is 32.0 Å². The first-order valence-corrected chi connectivity index (χ1v) is 11.9. The van der Waals surface area contributed by atoms with E-state index in [4.69, 9.17) is 5.11 Å². The first-order chi connectivity index (χ1) is 17.7. The van der Waals surface area contributed by atoms with Gasteiger partial charge in [0.1, 0.15) is 0 Å². The number of benzene rings is 2. The SMILES string of the molecule is CC.Cc1cnc2nc(-c3ccc(C)c(NC(=O)c4ccc(CNCCO)cc4C(F)(F)F)c3)cn2c1. The second kappa shape index (κ2) is 12.0. The molecule has 3 N–H and O–H groups in total. The minimum atomic E-state index is -4.71. The number of aliphatic hydroxyl groups excluding tert-OH is 1. The Kier molecular flexibility index (Phi) is 9.01. The highest BCUT2D eigenvalue weighted by Gasteiger charge is 2.35. The number of anilines is 1. The molecule has 7 nitrogen and oxygen atoms in total. The quantitative estimate of drug-likeness (QED) is 0.288. The zero-order valence-corrected chi connectivity index (χ0v) is 21.1. The van der Waals surface area contributed by atoms with Crippen LogP contribution in [-0.4, -0.2) is 38.5 Å². The number of nitrogens with one attached hydrogen (secondary N) is 2. The molecular weight excluding hydrogens is 483 g/mol. The summed E-state index contributed by atoms with van der Waals surface area (Å²) in [7, 11) is 0. The molecule has 37 heavy (non-hydrogen) atoms. The fraction of sp³-hybridized carbons (Fsp3) is 0.296. The second-order valence-corrected chi connectivity index (χ2v) is 8.23. The molecule has 10 heteroatoms. The minimum Gasteiger partial charge on any atom is -0.395 e. The van der Waals surface area contributed by atoms with Crippen LogP contribution in [0.5, 0.6) is 0 Å². The third-order valence-corrected chi connectivity index (χ3v) is 5.47. The van der Waals surface area contributed by atoms with Crippen molar-refractivity contribution in [3.8, 4) is 11.3 Å². The summed E-state index contributed by atoms with van der Waals surface area (Å²) in [6.45, 7) is 7.94. The topological polar surface area (TPSA) is 91.5 Å². The number of aromatic nitrogens is 3. The second-order valence-electron chi connectivity index (χ2n) is 8.23. The monoisotopic (exact) mass is 513 g/mol. The van der Waals surface area contributed by atoms with Gasteiger partial charge >= 0.3 is 6.18 Å². The summed E-state index contributed by atoms with van der Waals surface area (Å²) in [6, 6.07) is 8.87. The van der Waals surface area contributed by atoms with Gasteiger partial charge in [-0.3, -0.25) is 9.20 Å². The van der Waals surface area contributed by atoms with Crippen molar-refractivity contribution in [3.63, 3.8) is 0 Å². The Hall–Kier alpha value is -3.76. The Morgan fingerprint density at radius 2 is 1.84 bits per heavy atom. The molecule has 2 aromatic carbocycles. The number of amides is 1. The molecule has 0 spiro atoms. The van der Waals surface area contributed by atoms with Gasteiger partial charge in [0.2, 0.25) is 5.78 Å². The molecule has 0 aliphatic carbocycles. The predicted molar refractivity (Wildman–Crippen MR) is 137 cm³/mol. The Morgan fingerprint density at radius 1 is 1.08 bits per heavy atom. The maximum absolute atomic E-state index is 13.8. The van der Waals surface area contributed by atoms with E-state index in [2.05, 4.69) is 20.6 Å². The fourth-order valence-corrected chi connectivity index (χ4v) is 3.68. The highest BCUT2D eigenvalue weighted by Crippen LogP contribution is 2.34. The van der Waals surface area contributed by atoms with Crippen LogP contribution in [0.25, 0.3) is 17.0 Å². The van der Waals surface area contributed by atoms with Crippen LogP contribution in [0.3, 0.4) is 0 Å². The minimum absolute atomic E-state index is 0.129. The van der Waals surface area contributed by atoms with Gasteiger partial charge < -0.3 is 15.7 Å². The van der Waals surface area contributed by atoms with Crippen LogP contribution >= 0.6 is 0 Å². The van der Waals surface area contributed by atoms with E-state index in [1.165, 1.54) is 12.1 Å². The molecule has 2 aromatic heterocycles. The van der Waals surface area contributed by atoms with Gasteiger partial charge in [-0.15, -0.1) is 0 Å². The van der Waals surface area contributed by atoms with E-state index < -0.39 is 23.2 Å². The molecule has 0 atom stereocenters. The molecule has 0 saturated heterocycles. The van der Waals surface area contributed by atoms with Gasteiger partial charge in [0.25, 0.3) is 5.91 Å². The molecule has 4 rings (SSSR count). The van der Waals surface area contributed by atoms with Crippen molar-refractivity contribution in [3.05, 3.63) is 82.8 Å². The van der Waals surface area contributed by atoms with Gasteiger partial charge in [0.15, 0.2) is 0 Å². The molecule has 0 aliphatic heterocycles. The number of rotatable bonds is 7. The number of aryl methyl sites for hydroxylation is 2. The smallest absolute Gasteiger partial charge is 0.395 e. The fourth-order valence-electron chi connectivity index (χ4n) is 3.68. The number of carbonyl (C=O) groups excluding carboxylic acids is 1. The normalized spacial score (nSPS) is 11.2. The van der Waals surface area contributed by atoms with Crippen molar-refractivity contribution in [2.45, 2.75) is 40.4 Å². The number of halogens is 3. The molecule has 0 fully saturated rings. The Morgan fingerprint density at radius 3 is 2.54 bits per heavy atom. The van der Waals surface area contributed by atoms with Crippen LogP contribution in [0.4, 0.5) is 18.9 Å². The third-order valence-electron chi connectivity index (χ3n) is 5.47. The molecule has 4 aromatic rings. The van der Waals surface area contributed by atoms with Crippen molar-refractivity contribution in [2.24, 2.45) is 0 Å². The lowest BCUT2D eigenvalue weighted by Crippen LogP contribution is -2.21. The summed E-state index contributed by atoms with van der Waals surface area (Å²) in [5.41, 5.74) is 2.22. The first kappa shape index (κ1) is 27.8. The highest BCUT2D eigenvalue weighted by atomic mass is 19.4.